The largest absolute Gasteiger partial charge is 0.470 e. The summed E-state index contributed by atoms with van der Waals surface area (Å²) >= 11 is 0. The van der Waals surface area contributed by atoms with Crippen LogP contribution < -0.4 is 0 Å². The van der Waals surface area contributed by atoms with Gasteiger partial charge in [-0.2, -0.15) is 0 Å². The summed E-state index contributed by atoms with van der Waals surface area (Å²) in [5.41, 5.74) is -1.10. The second kappa shape index (κ2) is 4.35. The highest BCUT2D eigenvalue weighted by atomic mass is 31.2. The fraction of sp³-hybridized carbons (Fsp3) is 1.00. The van der Waals surface area contributed by atoms with Gasteiger partial charge < -0.3 is 14.9 Å². The standard InChI is InChI=1S/C6H15O5P/c1-3-6(4-2,5-7)11-12(8,9)10/h7H,3-5H2,1-2H3,(H2,8,9,10). The van der Waals surface area contributed by atoms with Crippen LogP contribution in [0.25, 0.3) is 0 Å². The number of hydrogen-bond acceptors (Lipinski definition) is 3. The molecule has 0 saturated carbocycles. The molecule has 0 saturated heterocycles. The number of phosphoric ester groups is 1. The maximum absolute atomic E-state index is 10.5. The van der Waals surface area contributed by atoms with E-state index in [1.165, 1.54) is 0 Å². The number of aliphatic hydroxyl groups is 1. The van der Waals surface area contributed by atoms with Crippen LogP contribution >= 0.6 is 7.82 Å². The van der Waals surface area contributed by atoms with Crippen molar-refractivity contribution in [3.05, 3.63) is 0 Å². The molecule has 0 amide bonds. The van der Waals surface area contributed by atoms with Crippen LogP contribution in [0.1, 0.15) is 26.7 Å². The van der Waals surface area contributed by atoms with Crippen LogP contribution in [0.2, 0.25) is 0 Å². The van der Waals surface area contributed by atoms with Crippen LogP contribution in [0.3, 0.4) is 0 Å². The first-order valence-corrected chi connectivity index (χ1v) is 5.29. The van der Waals surface area contributed by atoms with Crippen molar-refractivity contribution in [2.75, 3.05) is 6.61 Å². The molecule has 0 bridgehead atoms. The summed E-state index contributed by atoms with van der Waals surface area (Å²) in [5.74, 6) is 0. The average molecular weight is 198 g/mol. The van der Waals surface area contributed by atoms with Crippen LogP contribution in [0.4, 0.5) is 0 Å². The molecular weight excluding hydrogens is 183 g/mol. The molecule has 0 heterocycles. The molecule has 0 rings (SSSR count). The zero-order chi connectivity index (χ0) is 9.83. The molecule has 0 spiro atoms. The predicted molar refractivity (Wildman–Crippen MR) is 43.5 cm³/mol. The van der Waals surface area contributed by atoms with Gasteiger partial charge in [0.25, 0.3) is 0 Å². The molecule has 0 aliphatic carbocycles. The van der Waals surface area contributed by atoms with Gasteiger partial charge in [-0.05, 0) is 12.8 Å². The SMILES string of the molecule is CCC(CC)(CO)OP(=O)(O)O. The molecule has 0 unspecified atom stereocenters. The third kappa shape index (κ3) is 3.65. The maximum atomic E-state index is 10.5. The van der Waals surface area contributed by atoms with Gasteiger partial charge >= 0.3 is 7.82 Å². The molecule has 0 atom stereocenters. The minimum Gasteiger partial charge on any atom is -0.393 e. The highest BCUT2D eigenvalue weighted by molar-refractivity contribution is 7.46. The number of phosphoric acid groups is 1. The van der Waals surface area contributed by atoms with Gasteiger partial charge in [0.15, 0.2) is 0 Å². The molecule has 0 aromatic heterocycles. The lowest BCUT2D eigenvalue weighted by Gasteiger charge is -2.29. The zero-order valence-electron chi connectivity index (χ0n) is 7.23. The third-order valence-electron chi connectivity index (χ3n) is 1.89. The van der Waals surface area contributed by atoms with Gasteiger partial charge in [0.05, 0.1) is 6.61 Å². The molecule has 0 aromatic rings. The summed E-state index contributed by atoms with van der Waals surface area (Å²) in [6.45, 7) is 3.02. The Balaban J connectivity index is 4.41. The van der Waals surface area contributed by atoms with E-state index in [0.29, 0.717) is 12.8 Å². The van der Waals surface area contributed by atoms with Gasteiger partial charge in [-0.1, -0.05) is 13.8 Å². The molecule has 5 nitrogen and oxygen atoms in total. The normalized spacial score (nSPS) is 13.4. The van der Waals surface area contributed by atoms with Crippen molar-refractivity contribution in [2.45, 2.75) is 32.3 Å². The Morgan fingerprint density at radius 2 is 1.75 bits per heavy atom. The topological polar surface area (TPSA) is 87.0 Å². The summed E-state index contributed by atoms with van der Waals surface area (Å²) in [4.78, 5) is 17.0. The first kappa shape index (κ1) is 12.1. The second-order valence-electron chi connectivity index (χ2n) is 2.63. The van der Waals surface area contributed by atoms with E-state index in [1.54, 1.807) is 13.8 Å². The summed E-state index contributed by atoms with van der Waals surface area (Å²) < 4.78 is 15.0. The average Bonchev–Trinajstić information content (AvgIpc) is 1.99. The van der Waals surface area contributed by atoms with E-state index >= 15 is 0 Å². The minimum absolute atomic E-state index is 0.366. The lowest BCUT2D eigenvalue weighted by molar-refractivity contribution is -0.0190. The quantitative estimate of drug-likeness (QED) is 0.564. The van der Waals surface area contributed by atoms with E-state index in [9.17, 15) is 4.57 Å². The van der Waals surface area contributed by atoms with E-state index in [2.05, 4.69) is 4.52 Å². The molecule has 0 aliphatic heterocycles. The van der Waals surface area contributed by atoms with Crippen LogP contribution in [0.15, 0.2) is 0 Å². The second-order valence-corrected chi connectivity index (χ2v) is 3.79. The number of hydrogen-bond donors (Lipinski definition) is 3. The smallest absolute Gasteiger partial charge is 0.393 e. The van der Waals surface area contributed by atoms with E-state index in [1.807, 2.05) is 0 Å². The van der Waals surface area contributed by atoms with Crippen molar-refractivity contribution < 1.29 is 24.0 Å². The molecule has 0 aromatic carbocycles. The molecule has 12 heavy (non-hydrogen) atoms. The van der Waals surface area contributed by atoms with E-state index in [-0.39, 0.29) is 6.61 Å². The maximum Gasteiger partial charge on any atom is 0.470 e. The molecule has 0 radical (unpaired) electrons. The molecule has 3 N–H and O–H groups in total. The fourth-order valence-electron chi connectivity index (χ4n) is 0.884. The van der Waals surface area contributed by atoms with E-state index in [4.69, 9.17) is 14.9 Å². The molecule has 6 heteroatoms. The van der Waals surface area contributed by atoms with Gasteiger partial charge in [-0.25, -0.2) is 4.57 Å². The third-order valence-corrected chi connectivity index (χ3v) is 2.51. The monoisotopic (exact) mass is 198 g/mol. The lowest BCUT2D eigenvalue weighted by Crippen LogP contribution is -2.34. The summed E-state index contributed by atoms with van der Waals surface area (Å²) in [7, 11) is -4.50. The highest BCUT2D eigenvalue weighted by Crippen LogP contribution is 2.43. The van der Waals surface area contributed by atoms with Crippen molar-refractivity contribution in [1.29, 1.82) is 0 Å². The Morgan fingerprint density at radius 3 is 1.83 bits per heavy atom. The van der Waals surface area contributed by atoms with Gasteiger partial charge in [0.2, 0.25) is 0 Å². The fourth-order valence-corrected chi connectivity index (χ4v) is 1.70. The van der Waals surface area contributed by atoms with Crippen molar-refractivity contribution in [3.63, 3.8) is 0 Å². The van der Waals surface area contributed by atoms with Crippen LogP contribution in [0.5, 0.6) is 0 Å². The van der Waals surface area contributed by atoms with E-state index in [0.717, 1.165) is 0 Å². The van der Waals surface area contributed by atoms with E-state index < -0.39 is 13.4 Å². The Hall–Kier alpha value is 0.0700. The summed E-state index contributed by atoms with van der Waals surface area (Å²) in [6.07, 6.45) is 0.732. The van der Waals surface area contributed by atoms with Crippen LogP contribution in [0, 0.1) is 0 Å². The zero-order valence-corrected chi connectivity index (χ0v) is 8.12. The molecule has 0 fully saturated rings. The van der Waals surface area contributed by atoms with Crippen molar-refractivity contribution in [1.82, 2.24) is 0 Å². The van der Waals surface area contributed by atoms with Gasteiger partial charge in [-0.3, -0.25) is 4.52 Å². The van der Waals surface area contributed by atoms with Crippen LogP contribution in [-0.2, 0) is 9.09 Å². The Morgan fingerprint density at radius 1 is 1.33 bits per heavy atom. The van der Waals surface area contributed by atoms with Gasteiger partial charge in [-0.15, -0.1) is 0 Å². The van der Waals surface area contributed by atoms with Gasteiger partial charge in [0, 0.05) is 0 Å². The minimum atomic E-state index is -4.50. The first-order chi connectivity index (χ1) is 5.39. The van der Waals surface area contributed by atoms with Crippen molar-refractivity contribution in [3.8, 4) is 0 Å². The van der Waals surface area contributed by atoms with Crippen molar-refractivity contribution in [2.24, 2.45) is 0 Å². The lowest BCUT2D eigenvalue weighted by atomic mass is 9.99. The summed E-state index contributed by atoms with van der Waals surface area (Å²) in [6, 6.07) is 0. The van der Waals surface area contributed by atoms with Crippen LogP contribution in [-0.4, -0.2) is 27.1 Å². The molecule has 0 aliphatic rings. The first-order valence-electron chi connectivity index (χ1n) is 3.76. The molecule has 74 valence electrons. The van der Waals surface area contributed by atoms with Gasteiger partial charge in [0.1, 0.15) is 5.60 Å². The molecular formula is C6H15O5P. The summed E-state index contributed by atoms with van der Waals surface area (Å²) in [5, 5.41) is 8.87. The Labute approximate surface area is 71.6 Å². The predicted octanol–water partition coefficient (Wildman–Crippen LogP) is 0.647. The number of rotatable bonds is 5. The number of aliphatic hydroxyl groups excluding tert-OH is 1. The van der Waals surface area contributed by atoms with Crippen molar-refractivity contribution >= 4 is 7.82 Å². The Kier molecular flexibility index (Phi) is 4.37. The highest BCUT2D eigenvalue weighted by Gasteiger charge is 2.34. The Bertz CT molecular complexity index is 163.